The molecule has 1 fully saturated rings. The van der Waals surface area contributed by atoms with Crippen LogP contribution in [0.15, 0.2) is 24.3 Å². The van der Waals surface area contributed by atoms with Crippen molar-refractivity contribution in [1.82, 2.24) is 4.90 Å². The lowest BCUT2D eigenvalue weighted by molar-refractivity contribution is -0.141. The number of amides is 2. The largest absolute Gasteiger partial charge is 0.480 e. The van der Waals surface area contributed by atoms with Crippen molar-refractivity contribution >= 4 is 41.1 Å². The number of nitrogens with zero attached hydrogens (tertiary/aromatic N) is 1. The third kappa shape index (κ3) is 3.19. The maximum atomic E-state index is 12.3. The summed E-state index contributed by atoms with van der Waals surface area (Å²) in [5.74, 6) is -0.564. The Bertz CT molecular complexity index is 526. The molecule has 2 unspecified atom stereocenters. The molecule has 0 aromatic heterocycles. The molecule has 1 aromatic rings. The van der Waals surface area contributed by atoms with Gasteiger partial charge in [0.2, 0.25) is 0 Å². The molecule has 2 rings (SSSR count). The Morgan fingerprint density at radius 1 is 1.55 bits per heavy atom. The summed E-state index contributed by atoms with van der Waals surface area (Å²) in [5, 5.41) is 12.3. The first kappa shape index (κ1) is 15.0. The molecular weight excluding hydrogens is 300 g/mol. The highest BCUT2D eigenvalue weighted by Crippen LogP contribution is 2.32. The Balaban J connectivity index is 2.15. The number of hydrogen-bond acceptors (Lipinski definition) is 3. The Kier molecular flexibility index (Phi) is 4.77. The summed E-state index contributed by atoms with van der Waals surface area (Å²) in [6, 6.07) is 5.57. The van der Waals surface area contributed by atoms with E-state index in [9.17, 15) is 14.7 Å². The maximum absolute atomic E-state index is 12.3. The third-order valence-electron chi connectivity index (χ3n) is 3.04. The predicted molar refractivity (Wildman–Crippen MR) is 80.3 cm³/mol. The minimum Gasteiger partial charge on any atom is -0.480 e. The van der Waals surface area contributed by atoms with Gasteiger partial charge in [0.25, 0.3) is 0 Å². The number of thioether (sulfide) groups is 1. The first-order valence-corrected chi connectivity index (χ1v) is 7.65. The number of carbonyl (C=O) groups is 2. The highest BCUT2D eigenvalue weighted by atomic mass is 35.5. The Hall–Kier alpha value is -1.40. The van der Waals surface area contributed by atoms with E-state index in [1.54, 1.807) is 24.3 Å². The molecule has 1 aliphatic rings. The topological polar surface area (TPSA) is 69.6 Å². The number of carboxylic acid groups (broad SMARTS) is 1. The second-order valence-electron chi connectivity index (χ2n) is 4.40. The van der Waals surface area contributed by atoms with E-state index in [1.807, 2.05) is 6.92 Å². The van der Waals surface area contributed by atoms with Gasteiger partial charge in [-0.1, -0.05) is 24.6 Å². The summed E-state index contributed by atoms with van der Waals surface area (Å²) < 4.78 is 0. The number of hydrogen-bond donors (Lipinski definition) is 2. The van der Waals surface area contributed by atoms with E-state index in [-0.39, 0.29) is 5.37 Å². The van der Waals surface area contributed by atoms with Gasteiger partial charge in [-0.2, -0.15) is 0 Å². The average Bonchev–Trinajstić information content (AvgIpc) is 2.82. The summed E-state index contributed by atoms with van der Waals surface area (Å²) in [5.41, 5.74) is 0.554. The van der Waals surface area contributed by atoms with Crippen LogP contribution in [0.3, 0.4) is 0 Å². The lowest BCUT2D eigenvalue weighted by atomic mass is 10.2. The standard InChI is InChI=1S/C13H15ClN2O3S/c1-2-11-16(10(7-20-11)12(17)18)13(19)15-9-5-3-4-8(14)6-9/h3-6,10-11H,2,7H2,1H3,(H,15,19)(H,17,18). The number of nitrogens with one attached hydrogen (secondary N) is 1. The minimum atomic E-state index is -0.977. The lowest BCUT2D eigenvalue weighted by Crippen LogP contribution is -2.47. The Morgan fingerprint density at radius 2 is 2.30 bits per heavy atom. The van der Waals surface area contributed by atoms with Gasteiger partial charge in [0.05, 0.1) is 5.37 Å². The normalized spacial score (nSPS) is 21.8. The van der Waals surface area contributed by atoms with Crippen LogP contribution < -0.4 is 5.32 Å². The fourth-order valence-electron chi connectivity index (χ4n) is 2.09. The molecule has 0 bridgehead atoms. The van der Waals surface area contributed by atoms with E-state index in [0.717, 1.165) is 0 Å². The molecule has 5 nitrogen and oxygen atoms in total. The van der Waals surface area contributed by atoms with Gasteiger partial charge >= 0.3 is 12.0 Å². The Morgan fingerprint density at radius 3 is 2.90 bits per heavy atom. The molecule has 0 radical (unpaired) electrons. The first-order chi connectivity index (χ1) is 9.52. The number of benzene rings is 1. The zero-order valence-corrected chi connectivity index (χ0v) is 12.4. The van der Waals surface area contributed by atoms with Crippen molar-refractivity contribution in [3.05, 3.63) is 29.3 Å². The second-order valence-corrected chi connectivity index (χ2v) is 6.05. The summed E-state index contributed by atoms with van der Waals surface area (Å²) in [4.78, 5) is 24.9. The quantitative estimate of drug-likeness (QED) is 0.899. The molecule has 1 saturated heterocycles. The third-order valence-corrected chi connectivity index (χ3v) is 4.73. The van der Waals surface area contributed by atoms with Crippen molar-refractivity contribution in [2.45, 2.75) is 24.8 Å². The van der Waals surface area contributed by atoms with Crippen molar-refractivity contribution < 1.29 is 14.7 Å². The monoisotopic (exact) mass is 314 g/mol. The van der Waals surface area contributed by atoms with Gasteiger partial charge in [-0.05, 0) is 24.6 Å². The molecule has 1 aliphatic heterocycles. The predicted octanol–water partition coefficient (Wildman–Crippen LogP) is 3.11. The van der Waals surface area contributed by atoms with Gasteiger partial charge in [-0.15, -0.1) is 11.8 Å². The molecule has 20 heavy (non-hydrogen) atoms. The van der Waals surface area contributed by atoms with Crippen LogP contribution in [0, 0.1) is 0 Å². The number of aliphatic carboxylic acids is 1. The number of anilines is 1. The van der Waals surface area contributed by atoms with E-state index < -0.39 is 18.0 Å². The van der Waals surface area contributed by atoms with Crippen molar-refractivity contribution in [2.75, 3.05) is 11.1 Å². The highest BCUT2D eigenvalue weighted by molar-refractivity contribution is 8.00. The SMILES string of the molecule is CCC1SCC(C(=O)O)N1C(=O)Nc1cccc(Cl)c1. The summed E-state index contributed by atoms with van der Waals surface area (Å²) in [6.45, 7) is 1.93. The Labute approximate surface area is 126 Å². The number of urea groups is 1. The number of halogens is 1. The van der Waals surface area contributed by atoms with Crippen LogP contribution in [0.2, 0.25) is 5.02 Å². The van der Waals surface area contributed by atoms with Crippen LogP contribution in [-0.2, 0) is 4.79 Å². The minimum absolute atomic E-state index is 0.115. The van der Waals surface area contributed by atoms with E-state index >= 15 is 0 Å². The van der Waals surface area contributed by atoms with E-state index in [1.165, 1.54) is 16.7 Å². The maximum Gasteiger partial charge on any atom is 0.327 e. The summed E-state index contributed by atoms with van der Waals surface area (Å²) >= 11 is 7.35. The lowest BCUT2D eigenvalue weighted by Gasteiger charge is -2.26. The fourth-order valence-corrected chi connectivity index (χ4v) is 3.63. The van der Waals surface area contributed by atoms with Crippen LogP contribution in [0.4, 0.5) is 10.5 Å². The number of carboxylic acids is 1. The zero-order valence-electron chi connectivity index (χ0n) is 10.9. The van der Waals surface area contributed by atoms with Crippen molar-refractivity contribution in [2.24, 2.45) is 0 Å². The molecule has 0 spiro atoms. The average molecular weight is 315 g/mol. The first-order valence-electron chi connectivity index (χ1n) is 6.22. The number of rotatable bonds is 3. The molecule has 2 amide bonds. The van der Waals surface area contributed by atoms with Crippen LogP contribution in [-0.4, -0.2) is 39.2 Å². The zero-order chi connectivity index (χ0) is 14.7. The molecule has 1 heterocycles. The van der Waals surface area contributed by atoms with E-state index in [2.05, 4.69) is 5.32 Å². The summed E-state index contributed by atoms with van der Waals surface area (Å²) in [6.07, 6.45) is 0.706. The van der Waals surface area contributed by atoms with Crippen LogP contribution >= 0.6 is 23.4 Å². The van der Waals surface area contributed by atoms with E-state index in [0.29, 0.717) is 22.9 Å². The van der Waals surface area contributed by atoms with Crippen molar-refractivity contribution in [3.63, 3.8) is 0 Å². The number of carbonyl (C=O) groups excluding carboxylic acids is 1. The van der Waals surface area contributed by atoms with Gasteiger partial charge in [0.1, 0.15) is 6.04 Å². The highest BCUT2D eigenvalue weighted by Gasteiger charge is 2.40. The van der Waals surface area contributed by atoms with Crippen molar-refractivity contribution in [1.29, 1.82) is 0 Å². The van der Waals surface area contributed by atoms with E-state index in [4.69, 9.17) is 11.6 Å². The molecular formula is C13H15ClN2O3S. The molecule has 2 N–H and O–H groups in total. The van der Waals surface area contributed by atoms with Crippen molar-refractivity contribution in [3.8, 4) is 0 Å². The van der Waals surface area contributed by atoms with Crippen LogP contribution in [0.1, 0.15) is 13.3 Å². The van der Waals surface area contributed by atoms with Gasteiger partial charge < -0.3 is 10.4 Å². The summed E-state index contributed by atoms with van der Waals surface area (Å²) in [7, 11) is 0. The van der Waals surface area contributed by atoms with Gasteiger partial charge in [-0.25, -0.2) is 9.59 Å². The molecule has 0 saturated carbocycles. The molecule has 7 heteroatoms. The molecule has 2 atom stereocenters. The second kappa shape index (κ2) is 6.37. The van der Waals surface area contributed by atoms with Crippen LogP contribution in [0.25, 0.3) is 0 Å². The molecule has 0 aliphatic carbocycles. The van der Waals surface area contributed by atoms with Gasteiger partial charge in [-0.3, -0.25) is 4.90 Å². The molecule has 1 aromatic carbocycles. The smallest absolute Gasteiger partial charge is 0.327 e. The van der Waals surface area contributed by atoms with Gasteiger partial charge in [0, 0.05) is 16.5 Å². The fraction of sp³-hybridized carbons (Fsp3) is 0.385. The van der Waals surface area contributed by atoms with Crippen LogP contribution in [0.5, 0.6) is 0 Å². The molecule has 108 valence electrons. The van der Waals surface area contributed by atoms with Gasteiger partial charge in [0.15, 0.2) is 0 Å².